The van der Waals surface area contributed by atoms with Crippen molar-refractivity contribution in [3.8, 4) is 5.75 Å². The highest BCUT2D eigenvalue weighted by Crippen LogP contribution is 2.41. The van der Waals surface area contributed by atoms with E-state index in [0.29, 0.717) is 12.2 Å². The molecule has 1 N–H and O–H groups in total. The van der Waals surface area contributed by atoms with E-state index in [0.717, 1.165) is 0 Å². The van der Waals surface area contributed by atoms with Crippen molar-refractivity contribution in [2.24, 2.45) is 5.41 Å². The van der Waals surface area contributed by atoms with Crippen LogP contribution in [0, 0.1) is 5.41 Å². The van der Waals surface area contributed by atoms with E-state index in [2.05, 4.69) is 0 Å². The molecule has 23 heavy (non-hydrogen) atoms. The molecule has 0 heterocycles. The van der Waals surface area contributed by atoms with Crippen molar-refractivity contribution in [2.75, 3.05) is 14.2 Å². The summed E-state index contributed by atoms with van der Waals surface area (Å²) in [7, 11) is 2.68. The van der Waals surface area contributed by atoms with Crippen LogP contribution in [0.2, 0.25) is 0 Å². The maximum absolute atomic E-state index is 12.5. The van der Waals surface area contributed by atoms with Gasteiger partial charge in [-0.25, -0.2) is 4.79 Å². The summed E-state index contributed by atoms with van der Waals surface area (Å²) in [6, 6.07) is 6.46. The van der Waals surface area contributed by atoms with Crippen molar-refractivity contribution < 1.29 is 24.2 Å². The molecule has 0 amide bonds. The van der Waals surface area contributed by atoms with Crippen molar-refractivity contribution in [2.45, 2.75) is 32.3 Å². The molecule has 0 saturated heterocycles. The largest absolute Gasteiger partial charge is 0.497 e. The number of ether oxygens (including phenoxy) is 2. The topological polar surface area (TPSA) is 72.8 Å². The zero-order valence-electron chi connectivity index (χ0n) is 13.9. The van der Waals surface area contributed by atoms with Gasteiger partial charge in [-0.2, -0.15) is 0 Å². The van der Waals surface area contributed by atoms with Crippen LogP contribution in [0.25, 0.3) is 0 Å². The molecular weight excluding hydrogens is 296 g/mol. The average molecular weight is 318 g/mol. The number of carbonyl (C=O) groups is 2. The fourth-order valence-electron chi connectivity index (χ4n) is 2.82. The second-order valence-corrected chi connectivity index (χ2v) is 6.52. The number of esters is 1. The number of aliphatic hydroxyl groups is 1. The van der Waals surface area contributed by atoms with Gasteiger partial charge in [-0.15, -0.1) is 0 Å². The maximum atomic E-state index is 12.5. The third-order valence-electron chi connectivity index (χ3n) is 4.16. The quantitative estimate of drug-likeness (QED) is 0.863. The van der Waals surface area contributed by atoms with Crippen LogP contribution in [-0.4, -0.2) is 31.1 Å². The predicted molar refractivity (Wildman–Crippen MR) is 85.0 cm³/mol. The third kappa shape index (κ3) is 3.15. The van der Waals surface area contributed by atoms with E-state index in [1.807, 2.05) is 13.8 Å². The van der Waals surface area contributed by atoms with Gasteiger partial charge in [-0.1, -0.05) is 32.1 Å². The number of methoxy groups -OCH3 is 2. The molecular formula is C18H22O5. The Bertz CT molecular complexity index is 659. The van der Waals surface area contributed by atoms with Crippen LogP contribution >= 0.6 is 0 Å². The Kier molecular flexibility index (Phi) is 4.61. The smallest absolute Gasteiger partial charge is 0.347 e. The van der Waals surface area contributed by atoms with Gasteiger partial charge < -0.3 is 14.6 Å². The third-order valence-corrected chi connectivity index (χ3v) is 4.16. The molecule has 1 aromatic carbocycles. The number of allylic oxidation sites excluding steroid dienone is 1. The number of benzene rings is 1. The minimum Gasteiger partial charge on any atom is -0.497 e. The van der Waals surface area contributed by atoms with Gasteiger partial charge in [-0.3, -0.25) is 4.79 Å². The molecule has 0 radical (unpaired) electrons. The Morgan fingerprint density at radius 1 is 1.30 bits per heavy atom. The second kappa shape index (κ2) is 6.16. The zero-order chi connectivity index (χ0) is 17.3. The fraction of sp³-hybridized carbons (Fsp3) is 0.444. The fourth-order valence-corrected chi connectivity index (χ4v) is 2.82. The molecule has 0 spiro atoms. The molecule has 0 aromatic heterocycles. The number of ketones is 1. The predicted octanol–water partition coefficient (Wildman–Crippen LogP) is 2.37. The van der Waals surface area contributed by atoms with Crippen LogP contribution in [0.1, 0.15) is 32.3 Å². The van der Waals surface area contributed by atoms with Crippen LogP contribution in [0.15, 0.2) is 35.9 Å². The van der Waals surface area contributed by atoms with Gasteiger partial charge in [0.05, 0.1) is 14.2 Å². The van der Waals surface area contributed by atoms with E-state index >= 15 is 0 Å². The minimum atomic E-state index is -2.13. The minimum absolute atomic E-state index is 0.0666. The monoisotopic (exact) mass is 318 g/mol. The van der Waals surface area contributed by atoms with Crippen LogP contribution in [0.3, 0.4) is 0 Å². The summed E-state index contributed by atoms with van der Waals surface area (Å²) in [4.78, 5) is 24.9. The molecule has 0 aliphatic heterocycles. The summed E-state index contributed by atoms with van der Waals surface area (Å²) in [6.07, 6.45) is 2.50. The van der Waals surface area contributed by atoms with E-state index in [1.54, 1.807) is 24.3 Å². The lowest BCUT2D eigenvalue weighted by atomic mass is 9.72. The molecule has 5 nitrogen and oxygen atoms in total. The molecule has 1 aliphatic rings. The molecule has 1 unspecified atom stereocenters. The van der Waals surface area contributed by atoms with Gasteiger partial charge in [0.1, 0.15) is 5.75 Å². The highest BCUT2D eigenvalue weighted by atomic mass is 16.5. The lowest BCUT2D eigenvalue weighted by Gasteiger charge is -2.34. The summed E-state index contributed by atoms with van der Waals surface area (Å²) in [5, 5.41) is 11.1. The number of hydrogen-bond donors (Lipinski definition) is 1. The van der Waals surface area contributed by atoms with Gasteiger partial charge >= 0.3 is 5.97 Å². The number of hydrogen-bond acceptors (Lipinski definition) is 5. The SMILES string of the molecule is COC(=O)C(O)(C1=CCC(C)(C)CC1=O)c1cccc(OC)c1. The molecule has 1 aliphatic carbocycles. The second-order valence-electron chi connectivity index (χ2n) is 6.52. The van der Waals surface area contributed by atoms with E-state index in [-0.39, 0.29) is 28.8 Å². The Balaban J connectivity index is 2.59. The standard InChI is InChI=1S/C18H22O5/c1-17(2)9-8-14(15(19)11-17)18(21,16(20)23-4)12-6-5-7-13(10-12)22-3/h5-8,10,21H,9,11H2,1-4H3. The van der Waals surface area contributed by atoms with Crippen molar-refractivity contribution in [1.29, 1.82) is 0 Å². The maximum Gasteiger partial charge on any atom is 0.347 e. The molecule has 0 saturated carbocycles. The molecule has 124 valence electrons. The zero-order valence-corrected chi connectivity index (χ0v) is 13.9. The number of rotatable bonds is 4. The van der Waals surface area contributed by atoms with Crippen molar-refractivity contribution >= 4 is 11.8 Å². The molecule has 5 heteroatoms. The van der Waals surface area contributed by atoms with Gasteiger partial charge in [-0.05, 0) is 24.0 Å². The lowest BCUT2D eigenvalue weighted by Crippen LogP contribution is -2.43. The Hall–Kier alpha value is -2.14. The highest BCUT2D eigenvalue weighted by Gasteiger charge is 2.48. The Labute approximate surface area is 135 Å². The van der Waals surface area contributed by atoms with Gasteiger partial charge in [0.25, 0.3) is 0 Å². The van der Waals surface area contributed by atoms with E-state index in [4.69, 9.17) is 9.47 Å². The van der Waals surface area contributed by atoms with E-state index < -0.39 is 11.6 Å². The first kappa shape index (κ1) is 17.2. The summed E-state index contributed by atoms with van der Waals surface area (Å²) in [6.45, 7) is 3.95. The van der Waals surface area contributed by atoms with Crippen LogP contribution in [0.5, 0.6) is 5.75 Å². The molecule has 2 rings (SSSR count). The Morgan fingerprint density at radius 3 is 2.57 bits per heavy atom. The molecule has 0 fully saturated rings. The van der Waals surface area contributed by atoms with Gasteiger partial charge in [0, 0.05) is 17.6 Å². The average Bonchev–Trinajstić information content (AvgIpc) is 2.52. The van der Waals surface area contributed by atoms with E-state index in [9.17, 15) is 14.7 Å². The molecule has 0 bridgehead atoms. The van der Waals surface area contributed by atoms with Crippen molar-refractivity contribution in [1.82, 2.24) is 0 Å². The van der Waals surface area contributed by atoms with Crippen LogP contribution < -0.4 is 4.74 Å². The lowest BCUT2D eigenvalue weighted by molar-refractivity contribution is -0.160. The Morgan fingerprint density at radius 2 is 2.00 bits per heavy atom. The summed E-state index contributed by atoms with van der Waals surface area (Å²) < 4.78 is 9.92. The molecule has 1 atom stereocenters. The highest BCUT2D eigenvalue weighted by molar-refractivity contribution is 6.05. The first-order chi connectivity index (χ1) is 10.7. The summed E-state index contributed by atoms with van der Waals surface area (Å²) >= 11 is 0. The van der Waals surface area contributed by atoms with E-state index in [1.165, 1.54) is 20.3 Å². The summed E-state index contributed by atoms with van der Waals surface area (Å²) in [5.74, 6) is -0.656. The van der Waals surface area contributed by atoms with Gasteiger partial charge in [0.15, 0.2) is 5.78 Å². The van der Waals surface area contributed by atoms with Crippen LogP contribution in [0.4, 0.5) is 0 Å². The van der Waals surface area contributed by atoms with Crippen molar-refractivity contribution in [3.63, 3.8) is 0 Å². The first-order valence-electron chi connectivity index (χ1n) is 7.44. The molecule has 1 aromatic rings. The van der Waals surface area contributed by atoms with Gasteiger partial charge in [0.2, 0.25) is 5.60 Å². The van der Waals surface area contributed by atoms with Crippen LogP contribution in [-0.2, 0) is 19.9 Å². The van der Waals surface area contributed by atoms with Crippen molar-refractivity contribution in [3.05, 3.63) is 41.5 Å². The normalized spacial score (nSPS) is 19.5. The first-order valence-corrected chi connectivity index (χ1v) is 7.44. The summed E-state index contributed by atoms with van der Waals surface area (Å²) in [5.41, 5.74) is -2.00. The number of carbonyl (C=O) groups excluding carboxylic acids is 2. The number of Topliss-reactive ketones (excluding diaryl/α,β-unsaturated/α-hetero) is 1.